The topological polar surface area (TPSA) is 64.4 Å². The quantitative estimate of drug-likeness (QED) is 0.264. The average Bonchev–Trinajstić information content (AvgIpc) is 3.19. The SMILES string of the molecule is COc1ccccc1-n1c(S[C@@H](C)C(=O)N2c3ccccc3C[C@@H]2C)nc2cc(Cl)ccc2c1=O. The number of ether oxygens (including phenoxy) is 1. The fraction of sp³-hybridized carbons (Fsp3) is 0.222. The molecule has 1 aromatic heterocycles. The third kappa shape index (κ3) is 4.19. The Morgan fingerprint density at radius 3 is 2.60 bits per heavy atom. The summed E-state index contributed by atoms with van der Waals surface area (Å²) < 4.78 is 7.05. The number of para-hydroxylation sites is 3. The van der Waals surface area contributed by atoms with Gasteiger partial charge in [0, 0.05) is 16.8 Å². The molecular formula is C27H24ClN3O3S. The number of aromatic nitrogens is 2. The smallest absolute Gasteiger partial charge is 0.266 e. The molecule has 1 aliphatic rings. The summed E-state index contributed by atoms with van der Waals surface area (Å²) >= 11 is 7.45. The molecule has 0 radical (unpaired) electrons. The van der Waals surface area contributed by atoms with E-state index in [1.165, 1.54) is 16.3 Å². The summed E-state index contributed by atoms with van der Waals surface area (Å²) in [5.41, 5.74) is 2.90. The Bertz CT molecular complexity index is 1500. The standard InChI is InChI=1S/C27H24ClN3O3S/c1-16-14-18-8-4-5-9-22(18)30(16)25(32)17(2)35-27-29-21-15-19(28)12-13-20(21)26(33)31(27)23-10-6-7-11-24(23)34-3/h4-13,15-17H,14H2,1-3H3/t16-,17-/m0/s1. The van der Waals surface area contributed by atoms with Crippen LogP contribution < -0.4 is 15.2 Å². The summed E-state index contributed by atoms with van der Waals surface area (Å²) in [5.74, 6) is 0.507. The van der Waals surface area contributed by atoms with E-state index in [9.17, 15) is 9.59 Å². The number of carbonyl (C=O) groups excluding carboxylic acids is 1. The second kappa shape index (κ2) is 9.40. The Morgan fingerprint density at radius 1 is 1.11 bits per heavy atom. The van der Waals surface area contributed by atoms with Crippen LogP contribution in [0.3, 0.4) is 0 Å². The summed E-state index contributed by atoms with van der Waals surface area (Å²) in [4.78, 5) is 33.9. The van der Waals surface area contributed by atoms with Gasteiger partial charge in [-0.1, -0.05) is 53.7 Å². The van der Waals surface area contributed by atoms with Crippen molar-refractivity contribution in [2.75, 3.05) is 12.0 Å². The van der Waals surface area contributed by atoms with E-state index in [-0.39, 0.29) is 17.5 Å². The number of hydrogen-bond acceptors (Lipinski definition) is 5. The Balaban J connectivity index is 1.60. The lowest BCUT2D eigenvalue weighted by Gasteiger charge is -2.26. The van der Waals surface area contributed by atoms with Gasteiger partial charge in [-0.15, -0.1) is 0 Å². The molecule has 2 atom stereocenters. The highest BCUT2D eigenvalue weighted by atomic mass is 35.5. The largest absolute Gasteiger partial charge is 0.495 e. The number of thioether (sulfide) groups is 1. The first-order valence-electron chi connectivity index (χ1n) is 11.3. The van der Waals surface area contributed by atoms with Crippen LogP contribution in [0.2, 0.25) is 5.02 Å². The van der Waals surface area contributed by atoms with Crippen molar-refractivity contribution in [1.29, 1.82) is 0 Å². The van der Waals surface area contributed by atoms with Crippen molar-refractivity contribution in [2.24, 2.45) is 0 Å². The van der Waals surface area contributed by atoms with Crippen LogP contribution in [0.5, 0.6) is 5.75 Å². The van der Waals surface area contributed by atoms with Crippen molar-refractivity contribution in [2.45, 2.75) is 36.7 Å². The molecule has 4 aromatic rings. The van der Waals surface area contributed by atoms with Crippen molar-refractivity contribution in [3.8, 4) is 11.4 Å². The third-order valence-electron chi connectivity index (χ3n) is 6.20. The molecule has 5 rings (SSSR count). The monoisotopic (exact) mass is 505 g/mol. The molecule has 0 N–H and O–H groups in total. The molecule has 35 heavy (non-hydrogen) atoms. The van der Waals surface area contributed by atoms with E-state index in [2.05, 4.69) is 13.0 Å². The van der Waals surface area contributed by atoms with Gasteiger partial charge in [0.1, 0.15) is 5.75 Å². The number of benzene rings is 3. The number of fused-ring (bicyclic) bond motifs is 2. The zero-order valence-electron chi connectivity index (χ0n) is 19.6. The second-order valence-electron chi connectivity index (χ2n) is 8.52. The maximum atomic E-state index is 13.7. The molecule has 0 aliphatic carbocycles. The minimum Gasteiger partial charge on any atom is -0.495 e. The molecule has 2 heterocycles. The minimum atomic E-state index is -0.493. The number of nitrogens with zero attached hydrogens (tertiary/aromatic N) is 3. The first kappa shape index (κ1) is 23.5. The van der Waals surface area contributed by atoms with Crippen LogP contribution in [0, 0.1) is 0 Å². The molecule has 0 unspecified atom stereocenters. The van der Waals surface area contributed by atoms with Crippen LogP contribution in [-0.4, -0.2) is 33.9 Å². The third-order valence-corrected chi connectivity index (χ3v) is 7.48. The van der Waals surface area contributed by atoms with E-state index in [1.54, 1.807) is 37.4 Å². The van der Waals surface area contributed by atoms with E-state index >= 15 is 0 Å². The maximum Gasteiger partial charge on any atom is 0.266 e. The van der Waals surface area contributed by atoms with Gasteiger partial charge in [0.25, 0.3) is 5.56 Å². The van der Waals surface area contributed by atoms with Crippen molar-refractivity contribution in [1.82, 2.24) is 9.55 Å². The molecule has 1 amide bonds. The first-order valence-corrected chi connectivity index (χ1v) is 12.6. The van der Waals surface area contributed by atoms with Crippen LogP contribution in [0.25, 0.3) is 16.6 Å². The lowest BCUT2D eigenvalue weighted by molar-refractivity contribution is -0.118. The summed E-state index contributed by atoms with van der Waals surface area (Å²) in [6, 6.07) is 20.3. The van der Waals surface area contributed by atoms with Crippen molar-refractivity contribution >= 4 is 45.9 Å². The molecule has 0 saturated heterocycles. The Morgan fingerprint density at radius 2 is 1.83 bits per heavy atom. The van der Waals surface area contributed by atoms with E-state index in [4.69, 9.17) is 21.3 Å². The van der Waals surface area contributed by atoms with Crippen molar-refractivity contribution in [3.63, 3.8) is 0 Å². The lowest BCUT2D eigenvalue weighted by atomic mass is 10.1. The predicted octanol–water partition coefficient (Wildman–Crippen LogP) is 5.51. The highest BCUT2D eigenvalue weighted by Gasteiger charge is 2.34. The zero-order chi connectivity index (χ0) is 24.7. The van der Waals surface area contributed by atoms with Gasteiger partial charge in [0.15, 0.2) is 5.16 Å². The summed E-state index contributed by atoms with van der Waals surface area (Å²) in [6.45, 7) is 3.90. The molecule has 0 saturated carbocycles. The van der Waals surface area contributed by atoms with Gasteiger partial charge in [-0.25, -0.2) is 4.98 Å². The number of halogens is 1. The van der Waals surface area contributed by atoms with Gasteiger partial charge >= 0.3 is 0 Å². The maximum absolute atomic E-state index is 13.7. The van der Waals surface area contributed by atoms with Crippen molar-refractivity contribution < 1.29 is 9.53 Å². The van der Waals surface area contributed by atoms with Crippen LogP contribution in [0.15, 0.2) is 76.7 Å². The van der Waals surface area contributed by atoms with Gasteiger partial charge in [0.2, 0.25) is 5.91 Å². The van der Waals surface area contributed by atoms with Gasteiger partial charge in [-0.3, -0.25) is 14.2 Å². The highest BCUT2D eigenvalue weighted by molar-refractivity contribution is 8.00. The molecule has 1 aliphatic heterocycles. The fourth-order valence-electron chi connectivity index (χ4n) is 4.55. The minimum absolute atomic E-state index is 0.0283. The number of anilines is 1. The van der Waals surface area contributed by atoms with Crippen LogP contribution in [0.4, 0.5) is 5.69 Å². The number of hydrogen-bond donors (Lipinski definition) is 0. The van der Waals surface area contributed by atoms with E-state index in [0.717, 1.165) is 17.7 Å². The van der Waals surface area contributed by atoms with Crippen LogP contribution in [0.1, 0.15) is 19.4 Å². The number of methoxy groups -OCH3 is 1. The summed E-state index contributed by atoms with van der Waals surface area (Å²) in [6.07, 6.45) is 0.817. The van der Waals surface area contributed by atoms with E-state index in [0.29, 0.717) is 32.5 Å². The van der Waals surface area contributed by atoms with Gasteiger partial charge in [-0.05, 0) is 62.2 Å². The number of carbonyl (C=O) groups is 1. The normalized spacial score (nSPS) is 15.8. The number of amides is 1. The van der Waals surface area contributed by atoms with Crippen LogP contribution >= 0.6 is 23.4 Å². The molecule has 0 spiro atoms. The van der Waals surface area contributed by atoms with Crippen LogP contribution in [-0.2, 0) is 11.2 Å². The summed E-state index contributed by atoms with van der Waals surface area (Å²) in [7, 11) is 1.56. The van der Waals surface area contributed by atoms with Gasteiger partial charge in [0.05, 0.1) is 29.0 Å². The average molecular weight is 506 g/mol. The second-order valence-corrected chi connectivity index (χ2v) is 10.3. The molecule has 8 heteroatoms. The van der Waals surface area contributed by atoms with Crippen molar-refractivity contribution in [3.05, 3.63) is 87.7 Å². The highest BCUT2D eigenvalue weighted by Crippen LogP contribution is 2.35. The molecule has 0 fully saturated rings. The molecule has 6 nitrogen and oxygen atoms in total. The Kier molecular flexibility index (Phi) is 6.30. The molecule has 178 valence electrons. The first-order chi connectivity index (χ1) is 16.9. The van der Waals surface area contributed by atoms with Gasteiger partial charge in [-0.2, -0.15) is 0 Å². The Hall–Kier alpha value is -3.29. The molecule has 3 aromatic carbocycles. The zero-order valence-corrected chi connectivity index (χ0v) is 21.1. The summed E-state index contributed by atoms with van der Waals surface area (Å²) in [5, 5.41) is 0.830. The molecular weight excluding hydrogens is 482 g/mol. The number of rotatable bonds is 5. The van der Waals surface area contributed by atoms with E-state index in [1.807, 2.05) is 42.2 Å². The molecule has 0 bridgehead atoms. The lowest BCUT2D eigenvalue weighted by Crippen LogP contribution is -2.40. The van der Waals surface area contributed by atoms with Gasteiger partial charge < -0.3 is 9.64 Å². The Labute approximate surface area is 212 Å². The van der Waals surface area contributed by atoms with E-state index < -0.39 is 5.25 Å². The fourth-order valence-corrected chi connectivity index (χ4v) is 5.68. The predicted molar refractivity (Wildman–Crippen MR) is 141 cm³/mol.